The number of hydrogen-bond acceptors (Lipinski definition) is 5. The summed E-state index contributed by atoms with van der Waals surface area (Å²) in [6, 6.07) is 13.1. The summed E-state index contributed by atoms with van der Waals surface area (Å²) in [6.07, 6.45) is 0.543. The van der Waals surface area contributed by atoms with Crippen LogP contribution in [0.1, 0.15) is 17.7 Å². The molecule has 2 unspecified atom stereocenters. The quantitative estimate of drug-likeness (QED) is 0.570. The van der Waals surface area contributed by atoms with E-state index in [2.05, 4.69) is 10.6 Å². The van der Waals surface area contributed by atoms with Crippen molar-refractivity contribution in [3.63, 3.8) is 0 Å². The standard InChI is InChI=1S/C22H23FN2O4/c23-16-2-4-17(5-3-16)28-10-8-18-12-15-11-14(1-6-20(15)29-18)13-25-22(27)21-19(26)7-9-24-21/h1-6,11-12,19,21,24,26H,7-10,13H2,(H,25,27). The third-order valence-corrected chi connectivity index (χ3v) is 5.00. The second-order valence-corrected chi connectivity index (χ2v) is 7.14. The molecule has 1 aliphatic rings. The number of carbonyl (C=O) groups excluding carboxylic acids is 1. The van der Waals surface area contributed by atoms with Gasteiger partial charge in [-0.2, -0.15) is 0 Å². The lowest BCUT2D eigenvalue weighted by Crippen LogP contribution is -2.45. The lowest BCUT2D eigenvalue weighted by Gasteiger charge is -2.14. The fourth-order valence-corrected chi connectivity index (χ4v) is 3.44. The molecule has 4 rings (SSSR count). The largest absolute Gasteiger partial charge is 0.493 e. The Bertz CT molecular complexity index is 986. The molecule has 6 nitrogen and oxygen atoms in total. The van der Waals surface area contributed by atoms with Crippen LogP contribution in [0.25, 0.3) is 11.0 Å². The molecule has 29 heavy (non-hydrogen) atoms. The van der Waals surface area contributed by atoms with Gasteiger partial charge < -0.3 is 24.9 Å². The highest BCUT2D eigenvalue weighted by atomic mass is 19.1. The maximum absolute atomic E-state index is 12.9. The maximum Gasteiger partial charge on any atom is 0.240 e. The first-order valence-electron chi connectivity index (χ1n) is 9.67. The molecule has 1 saturated heterocycles. The summed E-state index contributed by atoms with van der Waals surface area (Å²) in [5.41, 5.74) is 1.72. The number of hydrogen-bond donors (Lipinski definition) is 3. The van der Waals surface area contributed by atoms with Crippen LogP contribution in [0.15, 0.2) is 52.9 Å². The van der Waals surface area contributed by atoms with E-state index in [0.29, 0.717) is 38.3 Å². The van der Waals surface area contributed by atoms with E-state index in [1.54, 1.807) is 12.1 Å². The number of amides is 1. The van der Waals surface area contributed by atoms with Crippen molar-refractivity contribution in [3.8, 4) is 5.75 Å². The maximum atomic E-state index is 12.9. The number of aliphatic hydroxyl groups is 1. The number of furan rings is 1. The summed E-state index contributed by atoms with van der Waals surface area (Å²) in [6.45, 7) is 1.45. The van der Waals surface area contributed by atoms with Gasteiger partial charge in [-0.25, -0.2) is 4.39 Å². The van der Waals surface area contributed by atoms with E-state index in [0.717, 1.165) is 22.3 Å². The molecule has 3 aromatic rings. The second-order valence-electron chi connectivity index (χ2n) is 7.14. The van der Waals surface area contributed by atoms with Crippen LogP contribution in [0.2, 0.25) is 0 Å². The van der Waals surface area contributed by atoms with E-state index < -0.39 is 12.1 Å². The van der Waals surface area contributed by atoms with E-state index in [1.165, 1.54) is 12.1 Å². The summed E-state index contributed by atoms with van der Waals surface area (Å²) in [5, 5.41) is 16.6. The van der Waals surface area contributed by atoms with Gasteiger partial charge in [0.1, 0.15) is 29.0 Å². The second kappa shape index (κ2) is 8.63. The monoisotopic (exact) mass is 398 g/mol. The number of ether oxygens (including phenoxy) is 1. The van der Waals surface area contributed by atoms with Crippen molar-refractivity contribution in [1.82, 2.24) is 10.6 Å². The first-order chi connectivity index (χ1) is 14.1. The Labute approximate surface area is 167 Å². The van der Waals surface area contributed by atoms with Crippen molar-refractivity contribution in [1.29, 1.82) is 0 Å². The zero-order chi connectivity index (χ0) is 20.2. The Morgan fingerprint density at radius 3 is 2.83 bits per heavy atom. The fraction of sp³-hybridized carbons (Fsp3) is 0.318. The van der Waals surface area contributed by atoms with Gasteiger partial charge in [0.25, 0.3) is 0 Å². The number of benzene rings is 2. The van der Waals surface area contributed by atoms with Crippen LogP contribution in [0.3, 0.4) is 0 Å². The molecule has 7 heteroatoms. The molecule has 1 fully saturated rings. The first-order valence-corrected chi connectivity index (χ1v) is 9.67. The number of halogens is 1. The molecule has 152 valence electrons. The van der Waals surface area contributed by atoms with Crippen molar-refractivity contribution in [3.05, 3.63) is 65.7 Å². The molecule has 2 aromatic carbocycles. The molecule has 1 aromatic heterocycles. The average molecular weight is 398 g/mol. The van der Waals surface area contributed by atoms with Gasteiger partial charge in [0, 0.05) is 18.4 Å². The molecule has 0 saturated carbocycles. The molecule has 0 radical (unpaired) electrons. The van der Waals surface area contributed by atoms with Crippen LogP contribution in [0, 0.1) is 5.82 Å². The van der Waals surface area contributed by atoms with Gasteiger partial charge in [-0.15, -0.1) is 0 Å². The smallest absolute Gasteiger partial charge is 0.240 e. The Morgan fingerprint density at radius 1 is 1.24 bits per heavy atom. The molecule has 3 N–H and O–H groups in total. The van der Waals surface area contributed by atoms with Gasteiger partial charge in [-0.1, -0.05) is 6.07 Å². The van der Waals surface area contributed by atoms with Crippen molar-refractivity contribution < 1.29 is 23.4 Å². The molecule has 0 aliphatic carbocycles. The average Bonchev–Trinajstić information content (AvgIpc) is 3.33. The number of rotatable bonds is 7. The molecular weight excluding hydrogens is 375 g/mol. The van der Waals surface area contributed by atoms with Gasteiger partial charge in [-0.05, 0) is 61.0 Å². The Hall–Kier alpha value is -2.90. The summed E-state index contributed by atoms with van der Waals surface area (Å²) in [4.78, 5) is 12.2. The summed E-state index contributed by atoms with van der Waals surface area (Å²) in [7, 11) is 0. The van der Waals surface area contributed by atoms with Crippen LogP contribution < -0.4 is 15.4 Å². The zero-order valence-corrected chi connectivity index (χ0v) is 15.9. The van der Waals surface area contributed by atoms with Gasteiger partial charge in [0.05, 0.1) is 12.7 Å². The molecule has 0 bridgehead atoms. The molecule has 2 heterocycles. The highest BCUT2D eigenvalue weighted by molar-refractivity contribution is 5.83. The van der Waals surface area contributed by atoms with Gasteiger partial charge in [0.2, 0.25) is 5.91 Å². The van der Waals surface area contributed by atoms with Crippen molar-refractivity contribution in [2.24, 2.45) is 0 Å². The number of aliphatic hydroxyl groups excluding tert-OH is 1. The van der Waals surface area contributed by atoms with Gasteiger partial charge >= 0.3 is 0 Å². The lowest BCUT2D eigenvalue weighted by atomic mass is 10.1. The molecular formula is C22H23FN2O4. The molecule has 2 atom stereocenters. The highest BCUT2D eigenvalue weighted by Gasteiger charge is 2.30. The zero-order valence-electron chi connectivity index (χ0n) is 15.9. The Kier molecular flexibility index (Phi) is 5.78. The van der Waals surface area contributed by atoms with E-state index in [4.69, 9.17) is 9.15 Å². The van der Waals surface area contributed by atoms with E-state index >= 15 is 0 Å². The fourth-order valence-electron chi connectivity index (χ4n) is 3.44. The van der Waals surface area contributed by atoms with Gasteiger partial charge in [0.15, 0.2) is 0 Å². The Morgan fingerprint density at radius 2 is 2.07 bits per heavy atom. The van der Waals surface area contributed by atoms with E-state index in [9.17, 15) is 14.3 Å². The van der Waals surface area contributed by atoms with Gasteiger partial charge in [-0.3, -0.25) is 4.79 Å². The lowest BCUT2D eigenvalue weighted by molar-refractivity contribution is -0.124. The van der Waals surface area contributed by atoms with E-state index in [1.807, 2.05) is 24.3 Å². The number of carbonyl (C=O) groups is 1. The third-order valence-electron chi connectivity index (χ3n) is 5.00. The topological polar surface area (TPSA) is 83.7 Å². The summed E-state index contributed by atoms with van der Waals surface area (Å²) >= 11 is 0. The minimum Gasteiger partial charge on any atom is -0.493 e. The summed E-state index contributed by atoms with van der Waals surface area (Å²) in [5.74, 6) is 0.919. The first kappa shape index (κ1) is 19.4. The summed E-state index contributed by atoms with van der Waals surface area (Å²) < 4.78 is 24.3. The Balaban J connectivity index is 1.32. The SMILES string of the molecule is O=C(NCc1ccc2oc(CCOc3ccc(F)cc3)cc2c1)C1NCCC1O. The van der Waals surface area contributed by atoms with Crippen LogP contribution in [-0.2, 0) is 17.8 Å². The minimum atomic E-state index is -0.633. The molecule has 0 spiro atoms. The number of nitrogens with one attached hydrogen (secondary N) is 2. The molecule has 1 aliphatic heterocycles. The van der Waals surface area contributed by atoms with Crippen molar-refractivity contribution >= 4 is 16.9 Å². The highest BCUT2D eigenvalue weighted by Crippen LogP contribution is 2.22. The van der Waals surface area contributed by atoms with Crippen LogP contribution in [0.5, 0.6) is 5.75 Å². The van der Waals surface area contributed by atoms with Crippen LogP contribution in [0.4, 0.5) is 4.39 Å². The predicted molar refractivity (Wildman–Crippen MR) is 106 cm³/mol. The van der Waals surface area contributed by atoms with Crippen LogP contribution >= 0.6 is 0 Å². The normalized spacial score (nSPS) is 18.8. The minimum absolute atomic E-state index is 0.194. The predicted octanol–water partition coefficient (Wildman–Crippen LogP) is 2.53. The molecule has 1 amide bonds. The third kappa shape index (κ3) is 4.75. The van der Waals surface area contributed by atoms with Crippen molar-refractivity contribution in [2.45, 2.75) is 31.5 Å². The van der Waals surface area contributed by atoms with Crippen molar-refractivity contribution in [2.75, 3.05) is 13.2 Å². The number of fused-ring (bicyclic) bond motifs is 1. The van der Waals surface area contributed by atoms with E-state index in [-0.39, 0.29) is 11.7 Å². The van der Waals surface area contributed by atoms with Crippen LogP contribution in [-0.4, -0.2) is 36.3 Å².